The third kappa shape index (κ3) is 4.63. The predicted octanol–water partition coefficient (Wildman–Crippen LogP) is 5.48. The lowest BCUT2D eigenvalue weighted by Gasteiger charge is -2.45. The number of benzene rings is 3. The molecule has 190 valence electrons. The van der Waals surface area contributed by atoms with E-state index < -0.39 is 28.7 Å². The van der Waals surface area contributed by atoms with E-state index >= 15 is 0 Å². The van der Waals surface area contributed by atoms with Gasteiger partial charge >= 0.3 is 6.61 Å². The van der Waals surface area contributed by atoms with Crippen molar-refractivity contribution in [2.24, 2.45) is 4.36 Å². The quantitative estimate of drug-likeness (QED) is 0.455. The van der Waals surface area contributed by atoms with Gasteiger partial charge in [-0.15, -0.1) is 0 Å². The Kier molecular flexibility index (Phi) is 6.83. The monoisotopic (exact) mass is 515 g/mol. The highest BCUT2D eigenvalue weighted by Gasteiger charge is 2.40. The van der Waals surface area contributed by atoms with Gasteiger partial charge in [-0.1, -0.05) is 24.3 Å². The van der Waals surface area contributed by atoms with Crippen LogP contribution in [0.3, 0.4) is 0 Å². The first-order valence-electron chi connectivity index (χ1n) is 11.7. The lowest BCUT2D eigenvalue weighted by molar-refractivity contribution is -0.0498. The fourth-order valence-electron chi connectivity index (χ4n) is 4.89. The zero-order chi connectivity index (χ0) is 25.3. The van der Waals surface area contributed by atoms with Gasteiger partial charge in [-0.05, 0) is 67.8 Å². The third-order valence-electron chi connectivity index (χ3n) is 6.56. The summed E-state index contributed by atoms with van der Waals surface area (Å²) in [4.78, 5) is 2.43. The summed E-state index contributed by atoms with van der Waals surface area (Å²) < 4.78 is 56.4. The number of aliphatic hydroxyl groups is 1. The molecule has 2 aliphatic rings. The molecule has 0 spiro atoms. The summed E-state index contributed by atoms with van der Waals surface area (Å²) in [6.07, 6.45) is 1.25. The maximum Gasteiger partial charge on any atom is 0.387 e. The van der Waals surface area contributed by atoms with Crippen molar-refractivity contribution < 1.29 is 27.6 Å². The second-order valence-electron chi connectivity index (χ2n) is 8.68. The van der Waals surface area contributed by atoms with Gasteiger partial charge in [0.25, 0.3) is 0 Å². The zero-order valence-electron chi connectivity index (χ0n) is 19.6. The van der Waals surface area contributed by atoms with Crippen molar-refractivity contribution in [1.82, 2.24) is 4.72 Å². The normalized spacial score (nSPS) is 22.7. The molecule has 1 heterocycles. The van der Waals surface area contributed by atoms with Crippen molar-refractivity contribution in [3.8, 4) is 17.2 Å². The average Bonchev–Trinajstić information content (AvgIpc) is 2.89. The van der Waals surface area contributed by atoms with Crippen molar-refractivity contribution in [3.05, 3.63) is 72.8 Å². The van der Waals surface area contributed by atoms with Crippen LogP contribution in [-0.4, -0.2) is 41.2 Å². The molecular formula is C26H27F2N3O4S. The molecule has 3 aromatic rings. The van der Waals surface area contributed by atoms with Gasteiger partial charge in [0.15, 0.2) is 11.5 Å². The molecule has 2 N–H and O–H groups in total. The van der Waals surface area contributed by atoms with Crippen LogP contribution in [0.1, 0.15) is 19.3 Å². The van der Waals surface area contributed by atoms with Crippen molar-refractivity contribution >= 4 is 21.3 Å². The van der Waals surface area contributed by atoms with Gasteiger partial charge in [0.05, 0.1) is 28.4 Å². The van der Waals surface area contributed by atoms with Crippen molar-refractivity contribution in [1.29, 1.82) is 0 Å². The summed E-state index contributed by atoms with van der Waals surface area (Å²) in [6.45, 7) is -2.95. The summed E-state index contributed by atoms with van der Waals surface area (Å²) in [5.74, 6) is 1.38. The first-order valence-corrected chi connectivity index (χ1v) is 13.2. The number of nitrogens with one attached hydrogen (secondary N) is 1. The Hall–Kier alpha value is -3.21. The largest absolute Gasteiger partial charge is 0.453 e. The van der Waals surface area contributed by atoms with E-state index in [-0.39, 0.29) is 11.8 Å². The molecule has 0 aromatic heterocycles. The van der Waals surface area contributed by atoms with Crippen LogP contribution in [0.2, 0.25) is 0 Å². The Morgan fingerprint density at radius 2 is 1.64 bits per heavy atom. The Labute approximate surface area is 209 Å². The number of hydrogen-bond donors (Lipinski definition) is 2. The summed E-state index contributed by atoms with van der Waals surface area (Å²) >= 11 is 0. The molecule has 5 rings (SSSR count). The van der Waals surface area contributed by atoms with Crippen LogP contribution >= 0.6 is 0 Å². The minimum atomic E-state index is -3.13. The highest BCUT2D eigenvalue weighted by molar-refractivity contribution is 7.91. The van der Waals surface area contributed by atoms with Gasteiger partial charge in [0.1, 0.15) is 15.7 Å². The van der Waals surface area contributed by atoms with E-state index in [1.54, 1.807) is 0 Å². The average molecular weight is 516 g/mol. The molecule has 0 amide bonds. The van der Waals surface area contributed by atoms with Gasteiger partial charge in [-0.2, -0.15) is 8.78 Å². The molecule has 0 radical (unpaired) electrons. The number of nitrogens with zero attached hydrogens (tertiary/aromatic N) is 2. The van der Waals surface area contributed by atoms with E-state index in [0.29, 0.717) is 22.8 Å². The first-order chi connectivity index (χ1) is 17.4. The van der Waals surface area contributed by atoms with Crippen LogP contribution in [-0.2, 0) is 9.92 Å². The molecule has 7 nitrogen and oxygen atoms in total. The summed E-state index contributed by atoms with van der Waals surface area (Å²) in [5, 5.41) is 11.6. The van der Waals surface area contributed by atoms with Gasteiger partial charge in [-0.3, -0.25) is 0 Å². The molecule has 36 heavy (non-hydrogen) atoms. The predicted molar refractivity (Wildman–Crippen MR) is 134 cm³/mol. The van der Waals surface area contributed by atoms with Crippen LogP contribution in [0.4, 0.5) is 20.2 Å². The SMILES string of the molecule is CN=S(=O)(NC1CCCC(N2c3ccccc3Oc3ccccc32)C1O)c1ccc(OC(F)F)cc1. The second kappa shape index (κ2) is 10.0. The Morgan fingerprint density at radius 3 is 2.22 bits per heavy atom. The minimum absolute atomic E-state index is 0.0333. The van der Waals surface area contributed by atoms with Crippen molar-refractivity contribution in [2.45, 2.75) is 49.0 Å². The summed E-state index contributed by atoms with van der Waals surface area (Å²) in [6, 6.07) is 20.1. The summed E-state index contributed by atoms with van der Waals surface area (Å²) in [5.41, 5.74) is 1.72. The van der Waals surface area contributed by atoms with E-state index in [0.717, 1.165) is 24.2 Å². The number of alkyl halides is 2. The van der Waals surface area contributed by atoms with E-state index in [1.165, 1.54) is 31.3 Å². The van der Waals surface area contributed by atoms with Crippen LogP contribution in [0.15, 0.2) is 82.1 Å². The van der Waals surface area contributed by atoms with Gasteiger partial charge in [0.2, 0.25) is 0 Å². The Balaban J connectivity index is 1.43. The fourth-order valence-corrected chi connectivity index (χ4v) is 6.52. The molecule has 1 fully saturated rings. The first kappa shape index (κ1) is 24.5. The van der Waals surface area contributed by atoms with E-state index in [4.69, 9.17) is 4.74 Å². The number of anilines is 2. The molecule has 0 bridgehead atoms. The lowest BCUT2D eigenvalue weighted by Crippen LogP contribution is -2.56. The molecule has 0 saturated heterocycles. The Bertz CT molecular complexity index is 1300. The molecule has 4 unspecified atom stereocenters. The Morgan fingerprint density at radius 1 is 1.03 bits per heavy atom. The van der Waals surface area contributed by atoms with Gasteiger partial charge in [0, 0.05) is 13.1 Å². The molecular weight excluding hydrogens is 488 g/mol. The van der Waals surface area contributed by atoms with E-state index in [1.807, 2.05) is 48.5 Å². The number of aliphatic hydroxyl groups excluding tert-OH is 1. The highest BCUT2D eigenvalue weighted by Crippen LogP contribution is 2.49. The molecule has 4 atom stereocenters. The fraction of sp³-hybridized carbons (Fsp3) is 0.308. The number of hydrogen-bond acceptors (Lipinski definition) is 6. The summed E-state index contributed by atoms with van der Waals surface area (Å²) in [7, 11) is -1.70. The number of para-hydroxylation sites is 4. The van der Waals surface area contributed by atoms with E-state index in [2.05, 4.69) is 18.7 Å². The molecule has 1 aliphatic carbocycles. The zero-order valence-corrected chi connectivity index (χ0v) is 20.4. The standard InChI is InChI=1S/C26H27F2N3O4S/c1-29-36(33,18-15-13-17(14-16-18)34-26(27)28)30-19-7-6-10-22(25(19)32)31-20-8-2-4-11-23(20)35-24-12-5-3-9-21(24)31/h2-5,8-9,11-16,19,22,25-26,32H,6-7,10H2,1H3,(H,29,30,33). The number of ether oxygens (including phenoxy) is 2. The maximum absolute atomic E-state index is 13.8. The second-order valence-corrected chi connectivity index (χ2v) is 10.8. The van der Waals surface area contributed by atoms with Crippen LogP contribution in [0, 0.1) is 0 Å². The number of halogens is 2. The molecule has 1 aliphatic heterocycles. The molecule has 10 heteroatoms. The van der Waals surface area contributed by atoms with Gasteiger partial charge in [-0.25, -0.2) is 13.3 Å². The highest BCUT2D eigenvalue weighted by atomic mass is 32.2. The number of fused-ring (bicyclic) bond motifs is 2. The van der Waals surface area contributed by atoms with Crippen molar-refractivity contribution in [3.63, 3.8) is 0 Å². The maximum atomic E-state index is 13.8. The molecule has 3 aromatic carbocycles. The van der Waals surface area contributed by atoms with Crippen LogP contribution < -0.4 is 19.1 Å². The van der Waals surface area contributed by atoms with Crippen LogP contribution in [0.5, 0.6) is 17.2 Å². The lowest BCUT2D eigenvalue weighted by atomic mass is 9.86. The van der Waals surface area contributed by atoms with Crippen molar-refractivity contribution in [2.75, 3.05) is 11.9 Å². The van der Waals surface area contributed by atoms with Gasteiger partial charge < -0.3 is 19.5 Å². The number of rotatable bonds is 6. The third-order valence-corrected chi connectivity index (χ3v) is 8.61. The smallest absolute Gasteiger partial charge is 0.387 e. The minimum Gasteiger partial charge on any atom is -0.453 e. The van der Waals surface area contributed by atoms with E-state index in [9.17, 15) is 18.1 Å². The topological polar surface area (TPSA) is 83.4 Å². The molecule has 1 saturated carbocycles. The van der Waals surface area contributed by atoms with Crippen LogP contribution in [0.25, 0.3) is 0 Å².